The molecule has 6 rings (SSSR count). The number of carbonyl (C=O) groups excluding carboxylic acids is 4. The Kier molecular flexibility index (Phi) is 12.2. The van der Waals surface area contributed by atoms with Crippen LogP contribution in [0.4, 0.5) is 24.5 Å². The maximum absolute atomic E-state index is 13.7. The van der Waals surface area contributed by atoms with Crippen LogP contribution < -0.4 is 15.5 Å². The number of piperazine rings is 1. The second-order valence-corrected chi connectivity index (χ2v) is 16.7. The normalized spacial score (nSPS) is 26.3. The summed E-state index contributed by atoms with van der Waals surface area (Å²) in [5.41, 5.74) is -1.13. The minimum atomic E-state index is -4.75. The van der Waals surface area contributed by atoms with Gasteiger partial charge in [-0.2, -0.15) is 18.4 Å². The first kappa shape index (κ1) is 41.2. The van der Waals surface area contributed by atoms with Gasteiger partial charge in [0.1, 0.15) is 5.54 Å². The van der Waals surface area contributed by atoms with E-state index in [1.54, 1.807) is 32.0 Å². The van der Waals surface area contributed by atoms with E-state index in [0.29, 0.717) is 24.4 Å². The number of amides is 4. The van der Waals surface area contributed by atoms with Gasteiger partial charge < -0.3 is 15.1 Å². The maximum Gasteiger partial charge on any atom is 0.417 e. The van der Waals surface area contributed by atoms with E-state index in [1.165, 1.54) is 11.0 Å². The van der Waals surface area contributed by atoms with Crippen LogP contribution in [0.25, 0.3) is 0 Å². The maximum atomic E-state index is 13.7. The minimum Gasteiger partial charge on any atom is -0.331 e. The number of imide groups is 1. The summed E-state index contributed by atoms with van der Waals surface area (Å²) in [6.07, 6.45) is 1.76. The van der Waals surface area contributed by atoms with Crippen molar-refractivity contribution < 1.29 is 32.3 Å². The standard InChI is InChI=1S/C41H50F3N7O4S/c1-25-22-48(23-26(2)49(25)24-36(53)46-30-12-9-28(10-13-30)33-17-18-35(52)47-37(33)54)19-5-6-27-7-14-31(15-8-27)51-39(56)50(38(55)40(51,3)4)32-16-11-29(21-45)34(20-32)41(42,43)44/h9-13,16,20,25-27,31,33H,5-8,14-15,17-19,22-24H2,1-4H3,(H,46,53)(H,47,52,54)/t25-,26+,27-,31-,33?. The van der Waals surface area contributed by atoms with E-state index in [4.69, 9.17) is 12.2 Å². The zero-order valence-corrected chi connectivity index (χ0v) is 33.1. The van der Waals surface area contributed by atoms with Crippen molar-refractivity contribution in [3.63, 3.8) is 0 Å². The van der Waals surface area contributed by atoms with Crippen molar-refractivity contribution in [2.75, 3.05) is 36.4 Å². The predicted molar refractivity (Wildman–Crippen MR) is 209 cm³/mol. The van der Waals surface area contributed by atoms with Crippen LogP contribution in [-0.2, 0) is 25.4 Å². The number of benzene rings is 2. The number of nitriles is 1. The van der Waals surface area contributed by atoms with Crippen LogP contribution in [0, 0.1) is 17.2 Å². The quantitative estimate of drug-likeness (QED) is 0.214. The average Bonchev–Trinajstić information content (AvgIpc) is 3.32. The Hall–Kier alpha value is -4.39. The van der Waals surface area contributed by atoms with Gasteiger partial charge in [0, 0.05) is 43.3 Å². The number of rotatable bonds is 10. The predicted octanol–water partition coefficient (Wildman–Crippen LogP) is 6.18. The minimum absolute atomic E-state index is 0.00709. The zero-order valence-electron chi connectivity index (χ0n) is 32.3. The first-order chi connectivity index (χ1) is 26.5. The Labute approximate surface area is 331 Å². The number of nitrogens with zero attached hydrogens (tertiary/aromatic N) is 5. The molecule has 2 N–H and O–H groups in total. The van der Waals surface area contributed by atoms with Crippen molar-refractivity contribution in [2.45, 2.75) is 115 Å². The Bertz CT molecular complexity index is 1880. The van der Waals surface area contributed by atoms with Gasteiger partial charge in [-0.3, -0.25) is 34.3 Å². The van der Waals surface area contributed by atoms with Crippen LogP contribution in [0.15, 0.2) is 42.5 Å². The fourth-order valence-electron chi connectivity index (χ4n) is 9.09. The van der Waals surface area contributed by atoms with E-state index in [-0.39, 0.29) is 65.0 Å². The molecule has 0 aromatic heterocycles. The van der Waals surface area contributed by atoms with Crippen LogP contribution in [0.5, 0.6) is 0 Å². The molecule has 15 heteroatoms. The first-order valence-electron chi connectivity index (χ1n) is 19.5. The van der Waals surface area contributed by atoms with Crippen molar-refractivity contribution in [3.05, 3.63) is 59.2 Å². The molecular formula is C41H50F3N7O4S. The summed E-state index contributed by atoms with van der Waals surface area (Å²) >= 11 is 5.77. The summed E-state index contributed by atoms with van der Waals surface area (Å²) in [5, 5.41) is 14.8. The highest BCUT2D eigenvalue weighted by Gasteiger charge is 2.52. The lowest BCUT2D eigenvalue weighted by atomic mass is 9.82. The topological polar surface area (TPSA) is 129 Å². The lowest BCUT2D eigenvalue weighted by Gasteiger charge is -2.44. The summed E-state index contributed by atoms with van der Waals surface area (Å²) in [5.74, 6) is -0.855. The largest absolute Gasteiger partial charge is 0.417 e. The van der Waals surface area contributed by atoms with Crippen LogP contribution in [0.2, 0.25) is 0 Å². The second kappa shape index (κ2) is 16.6. The van der Waals surface area contributed by atoms with Crippen LogP contribution >= 0.6 is 12.2 Å². The van der Waals surface area contributed by atoms with E-state index in [2.05, 4.69) is 34.3 Å². The van der Waals surface area contributed by atoms with Crippen molar-refractivity contribution in [2.24, 2.45) is 5.92 Å². The highest BCUT2D eigenvalue weighted by atomic mass is 32.1. The molecule has 0 spiro atoms. The number of nitrogens with one attached hydrogen (secondary N) is 2. The van der Waals surface area contributed by atoms with Gasteiger partial charge in [0.05, 0.1) is 35.3 Å². The number of thiocarbonyl (C=S) groups is 1. The molecule has 11 nitrogen and oxygen atoms in total. The molecule has 300 valence electrons. The summed E-state index contributed by atoms with van der Waals surface area (Å²) < 4.78 is 41.2. The van der Waals surface area contributed by atoms with Gasteiger partial charge in [-0.25, -0.2) is 0 Å². The SMILES string of the molecule is C[C@@H]1CN(CCC[C@H]2CC[C@H](N3C(=S)N(c4ccc(C#N)c(C(F)(F)F)c4)C(=O)C3(C)C)CC2)C[C@H](C)N1CC(=O)Nc1ccc(C2CCC(=O)NC2=O)cc1. The Morgan fingerprint density at radius 2 is 1.66 bits per heavy atom. The zero-order chi connectivity index (χ0) is 40.5. The lowest BCUT2D eigenvalue weighted by Crippen LogP contribution is -2.58. The molecule has 56 heavy (non-hydrogen) atoms. The summed E-state index contributed by atoms with van der Waals surface area (Å²) in [7, 11) is 0. The molecular weight excluding hydrogens is 744 g/mol. The smallest absolute Gasteiger partial charge is 0.331 e. The van der Waals surface area contributed by atoms with Gasteiger partial charge in [0.2, 0.25) is 17.7 Å². The summed E-state index contributed by atoms with van der Waals surface area (Å²) in [6, 6.07) is 12.5. The van der Waals surface area contributed by atoms with Gasteiger partial charge >= 0.3 is 6.18 Å². The van der Waals surface area contributed by atoms with Crippen LogP contribution in [0.1, 0.15) is 102 Å². The van der Waals surface area contributed by atoms with Gasteiger partial charge in [-0.05, 0) is 133 Å². The number of halogens is 3. The molecule has 0 radical (unpaired) electrons. The van der Waals surface area contributed by atoms with Crippen molar-refractivity contribution in [1.82, 2.24) is 20.0 Å². The van der Waals surface area contributed by atoms with E-state index in [1.807, 2.05) is 17.0 Å². The van der Waals surface area contributed by atoms with Gasteiger partial charge in [-0.1, -0.05) is 12.1 Å². The van der Waals surface area contributed by atoms with Gasteiger partial charge in [0.25, 0.3) is 5.91 Å². The molecule has 0 bridgehead atoms. The molecule has 3 saturated heterocycles. The number of carbonyl (C=O) groups is 4. The third-order valence-electron chi connectivity index (χ3n) is 12.0. The molecule has 3 aliphatic heterocycles. The number of anilines is 2. The summed E-state index contributed by atoms with van der Waals surface area (Å²) in [6.45, 7) is 10.8. The van der Waals surface area contributed by atoms with E-state index in [9.17, 15) is 37.6 Å². The molecule has 3 atom stereocenters. The van der Waals surface area contributed by atoms with Gasteiger partial charge in [-0.15, -0.1) is 0 Å². The van der Waals surface area contributed by atoms with E-state index in [0.717, 1.165) is 75.9 Å². The number of piperidine rings is 1. The van der Waals surface area contributed by atoms with E-state index >= 15 is 0 Å². The molecule has 2 aromatic rings. The van der Waals surface area contributed by atoms with Crippen LogP contribution in [0.3, 0.4) is 0 Å². The Morgan fingerprint density at radius 3 is 2.27 bits per heavy atom. The highest BCUT2D eigenvalue weighted by Crippen LogP contribution is 2.41. The second-order valence-electron chi connectivity index (χ2n) is 16.3. The lowest BCUT2D eigenvalue weighted by molar-refractivity contribution is -0.138. The first-order valence-corrected chi connectivity index (χ1v) is 19.9. The van der Waals surface area contributed by atoms with Crippen molar-refractivity contribution in [1.29, 1.82) is 5.26 Å². The Morgan fingerprint density at radius 1 is 1.00 bits per heavy atom. The molecule has 1 saturated carbocycles. The van der Waals surface area contributed by atoms with Crippen molar-refractivity contribution in [3.8, 4) is 6.07 Å². The fraction of sp³-hybridized carbons (Fsp3) is 0.561. The molecule has 2 aromatic carbocycles. The van der Waals surface area contributed by atoms with Crippen molar-refractivity contribution >= 4 is 52.3 Å². The molecule has 4 fully saturated rings. The Balaban J connectivity index is 0.942. The molecule has 4 amide bonds. The number of hydrogen-bond acceptors (Lipinski definition) is 8. The third-order valence-corrected chi connectivity index (χ3v) is 12.4. The van der Waals surface area contributed by atoms with Gasteiger partial charge in [0.15, 0.2) is 5.11 Å². The fourth-order valence-corrected chi connectivity index (χ4v) is 9.65. The average molecular weight is 794 g/mol. The number of hydrogen-bond donors (Lipinski definition) is 2. The molecule has 3 heterocycles. The molecule has 1 aliphatic carbocycles. The summed E-state index contributed by atoms with van der Waals surface area (Å²) in [4.78, 5) is 58.2. The van der Waals surface area contributed by atoms with E-state index < -0.39 is 22.8 Å². The third kappa shape index (κ3) is 8.77. The highest BCUT2D eigenvalue weighted by molar-refractivity contribution is 7.80. The monoisotopic (exact) mass is 793 g/mol. The number of alkyl halides is 3. The van der Waals surface area contributed by atoms with Crippen LogP contribution in [-0.4, -0.2) is 93.3 Å². The molecule has 1 unspecified atom stereocenters. The molecule has 4 aliphatic rings.